The highest BCUT2D eigenvalue weighted by atomic mass is 16.5. The number of hydrogen-bond acceptors (Lipinski definition) is 4. The zero-order valence-electron chi connectivity index (χ0n) is 11.4. The van der Waals surface area contributed by atoms with E-state index >= 15 is 0 Å². The normalized spacial score (nSPS) is 18.5. The maximum absolute atomic E-state index is 12.1. The van der Waals surface area contributed by atoms with Crippen LogP contribution < -0.4 is 5.32 Å². The van der Waals surface area contributed by atoms with Crippen LogP contribution in [0.4, 0.5) is 0 Å². The number of rotatable bonds is 6. The van der Waals surface area contributed by atoms with Crippen LogP contribution in [0.1, 0.15) is 42.2 Å². The third-order valence-corrected chi connectivity index (χ3v) is 3.39. The SMILES string of the molecule is CCCc1ncncc1C(=O)NCC[C@H]1CCOC1. The average molecular weight is 263 g/mol. The molecule has 0 saturated carbocycles. The van der Waals surface area contributed by atoms with Gasteiger partial charge in [0.2, 0.25) is 0 Å². The van der Waals surface area contributed by atoms with E-state index in [1.165, 1.54) is 6.33 Å². The Balaban J connectivity index is 1.84. The van der Waals surface area contributed by atoms with Crippen molar-refractivity contribution < 1.29 is 9.53 Å². The molecule has 1 aliphatic heterocycles. The van der Waals surface area contributed by atoms with Gasteiger partial charge in [0.1, 0.15) is 6.33 Å². The monoisotopic (exact) mass is 263 g/mol. The van der Waals surface area contributed by atoms with Gasteiger partial charge in [0.15, 0.2) is 0 Å². The van der Waals surface area contributed by atoms with E-state index in [0.29, 0.717) is 18.0 Å². The second kappa shape index (κ2) is 7.19. The van der Waals surface area contributed by atoms with Crippen molar-refractivity contribution in [3.05, 3.63) is 23.8 Å². The van der Waals surface area contributed by atoms with Gasteiger partial charge in [-0.3, -0.25) is 4.79 Å². The zero-order chi connectivity index (χ0) is 13.5. The summed E-state index contributed by atoms with van der Waals surface area (Å²) in [4.78, 5) is 20.2. The smallest absolute Gasteiger partial charge is 0.254 e. The molecule has 1 fully saturated rings. The second-order valence-corrected chi connectivity index (χ2v) is 4.91. The molecule has 1 aliphatic rings. The number of aryl methyl sites for hydroxylation is 1. The van der Waals surface area contributed by atoms with Gasteiger partial charge in [-0.2, -0.15) is 0 Å². The van der Waals surface area contributed by atoms with E-state index in [4.69, 9.17) is 4.74 Å². The number of carbonyl (C=O) groups is 1. The van der Waals surface area contributed by atoms with E-state index in [1.807, 2.05) is 0 Å². The van der Waals surface area contributed by atoms with Crippen LogP contribution in [0, 0.1) is 5.92 Å². The minimum absolute atomic E-state index is 0.0667. The Labute approximate surface area is 113 Å². The van der Waals surface area contributed by atoms with Gasteiger partial charge in [0.05, 0.1) is 11.3 Å². The highest BCUT2D eigenvalue weighted by Crippen LogP contribution is 2.15. The summed E-state index contributed by atoms with van der Waals surface area (Å²) >= 11 is 0. The van der Waals surface area contributed by atoms with Crippen molar-refractivity contribution in [1.82, 2.24) is 15.3 Å². The molecule has 2 rings (SSSR count). The minimum atomic E-state index is -0.0667. The molecule has 0 aromatic carbocycles. The Morgan fingerprint density at radius 3 is 3.21 bits per heavy atom. The number of carbonyl (C=O) groups excluding carboxylic acids is 1. The Morgan fingerprint density at radius 1 is 1.58 bits per heavy atom. The van der Waals surface area contributed by atoms with Crippen LogP contribution in [0.25, 0.3) is 0 Å². The zero-order valence-corrected chi connectivity index (χ0v) is 11.4. The lowest BCUT2D eigenvalue weighted by Crippen LogP contribution is -2.27. The number of aromatic nitrogens is 2. The number of nitrogens with one attached hydrogen (secondary N) is 1. The van der Waals surface area contributed by atoms with Crippen LogP contribution in [0.15, 0.2) is 12.5 Å². The standard InChI is InChI=1S/C14H21N3O2/c1-2-3-13-12(8-15-10-17-13)14(18)16-6-4-11-5-7-19-9-11/h8,10-11H,2-7,9H2,1H3,(H,16,18)/t11-/m0/s1. The van der Waals surface area contributed by atoms with Crippen molar-refractivity contribution in [3.63, 3.8) is 0 Å². The Hall–Kier alpha value is -1.49. The van der Waals surface area contributed by atoms with E-state index in [9.17, 15) is 4.79 Å². The third-order valence-electron chi connectivity index (χ3n) is 3.39. The Morgan fingerprint density at radius 2 is 2.47 bits per heavy atom. The minimum Gasteiger partial charge on any atom is -0.381 e. The van der Waals surface area contributed by atoms with Crippen LogP contribution in [0.2, 0.25) is 0 Å². The molecule has 2 heterocycles. The summed E-state index contributed by atoms with van der Waals surface area (Å²) in [6.07, 6.45) is 6.95. The van der Waals surface area contributed by atoms with Crippen molar-refractivity contribution in [1.29, 1.82) is 0 Å². The maximum Gasteiger partial charge on any atom is 0.254 e. The largest absolute Gasteiger partial charge is 0.381 e. The van der Waals surface area contributed by atoms with E-state index in [2.05, 4.69) is 22.2 Å². The molecular formula is C14H21N3O2. The second-order valence-electron chi connectivity index (χ2n) is 4.91. The highest BCUT2D eigenvalue weighted by molar-refractivity contribution is 5.94. The number of nitrogens with zero attached hydrogens (tertiary/aromatic N) is 2. The molecule has 5 heteroatoms. The maximum atomic E-state index is 12.1. The molecule has 5 nitrogen and oxygen atoms in total. The van der Waals surface area contributed by atoms with Crippen LogP contribution in [-0.2, 0) is 11.2 Å². The van der Waals surface area contributed by atoms with Crippen molar-refractivity contribution >= 4 is 5.91 Å². The van der Waals surface area contributed by atoms with Crippen molar-refractivity contribution in [2.45, 2.75) is 32.6 Å². The van der Waals surface area contributed by atoms with Gasteiger partial charge in [0, 0.05) is 26.0 Å². The van der Waals surface area contributed by atoms with Crippen LogP contribution in [0.5, 0.6) is 0 Å². The van der Waals surface area contributed by atoms with Crippen molar-refractivity contribution in [2.24, 2.45) is 5.92 Å². The molecule has 1 atom stereocenters. The summed E-state index contributed by atoms with van der Waals surface area (Å²) in [6, 6.07) is 0. The summed E-state index contributed by atoms with van der Waals surface area (Å²) < 4.78 is 5.32. The number of hydrogen-bond donors (Lipinski definition) is 1. The molecule has 0 radical (unpaired) electrons. The molecule has 0 spiro atoms. The third kappa shape index (κ3) is 3.99. The van der Waals surface area contributed by atoms with E-state index in [-0.39, 0.29) is 5.91 Å². The van der Waals surface area contributed by atoms with Gasteiger partial charge in [-0.1, -0.05) is 13.3 Å². The van der Waals surface area contributed by atoms with E-state index in [1.54, 1.807) is 6.20 Å². The lowest BCUT2D eigenvalue weighted by atomic mass is 10.1. The van der Waals surface area contributed by atoms with Gasteiger partial charge in [-0.25, -0.2) is 9.97 Å². The fourth-order valence-electron chi connectivity index (χ4n) is 2.28. The molecule has 1 N–H and O–H groups in total. The average Bonchev–Trinajstić information content (AvgIpc) is 2.93. The molecule has 1 aromatic heterocycles. The van der Waals surface area contributed by atoms with Gasteiger partial charge < -0.3 is 10.1 Å². The van der Waals surface area contributed by atoms with E-state index < -0.39 is 0 Å². The molecule has 0 unspecified atom stereocenters. The summed E-state index contributed by atoms with van der Waals surface area (Å²) in [5, 5.41) is 2.95. The van der Waals surface area contributed by atoms with Gasteiger partial charge in [0.25, 0.3) is 5.91 Å². The van der Waals surface area contributed by atoms with Crippen LogP contribution in [0.3, 0.4) is 0 Å². The molecule has 104 valence electrons. The van der Waals surface area contributed by atoms with Crippen LogP contribution >= 0.6 is 0 Å². The quantitative estimate of drug-likeness (QED) is 0.846. The molecular weight excluding hydrogens is 242 g/mol. The summed E-state index contributed by atoms with van der Waals surface area (Å²) in [5.74, 6) is 0.519. The molecule has 1 saturated heterocycles. The van der Waals surface area contributed by atoms with Gasteiger partial charge in [-0.15, -0.1) is 0 Å². The molecule has 1 aromatic rings. The van der Waals surface area contributed by atoms with Crippen molar-refractivity contribution in [2.75, 3.05) is 19.8 Å². The lowest BCUT2D eigenvalue weighted by Gasteiger charge is -2.10. The summed E-state index contributed by atoms with van der Waals surface area (Å²) in [7, 11) is 0. The molecule has 0 bridgehead atoms. The summed E-state index contributed by atoms with van der Waals surface area (Å²) in [6.45, 7) is 4.44. The topological polar surface area (TPSA) is 64.1 Å². The van der Waals surface area contributed by atoms with Gasteiger partial charge >= 0.3 is 0 Å². The Bertz CT molecular complexity index is 417. The van der Waals surface area contributed by atoms with E-state index in [0.717, 1.165) is 44.6 Å². The number of ether oxygens (including phenoxy) is 1. The first kappa shape index (κ1) is 13.9. The predicted octanol–water partition coefficient (Wildman–Crippen LogP) is 1.59. The first-order valence-corrected chi connectivity index (χ1v) is 6.96. The number of amides is 1. The van der Waals surface area contributed by atoms with Crippen molar-refractivity contribution in [3.8, 4) is 0 Å². The summed E-state index contributed by atoms with van der Waals surface area (Å²) in [5.41, 5.74) is 1.44. The van der Waals surface area contributed by atoms with Crippen LogP contribution in [-0.4, -0.2) is 35.6 Å². The highest BCUT2D eigenvalue weighted by Gasteiger charge is 2.16. The first-order valence-electron chi connectivity index (χ1n) is 6.96. The molecule has 19 heavy (non-hydrogen) atoms. The predicted molar refractivity (Wildman–Crippen MR) is 71.9 cm³/mol. The fourth-order valence-corrected chi connectivity index (χ4v) is 2.28. The Kier molecular flexibility index (Phi) is 5.27. The molecule has 0 aliphatic carbocycles. The molecule has 1 amide bonds. The fraction of sp³-hybridized carbons (Fsp3) is 0.643. The van der Waals surface area contributed by atoms with Gasteiger partial charge in [-0.05, 0) is 25.2 Å². The first-order chi connectivity index (χ1) is 9.31. The lowest BCUT2D eigenvalue weighted by molar-refractivity contribution is 0.0948.